The molecule has 8 heteroatoms. The molecule has 38 heavy (non-hydrogen) atoms. The maximum atomic E-state index is 13.3. The first kappa shape index (κ1) is 28.1. The average Bonchev–Trinajstić information content (AvgIpc) is 2.83. The zero-order chi connectivity index (χ0) is 27.7. The van der Waals surface area contributed by atoms with Gasteiger partial charge in [0.05, 0.1) is 11.4 Å². The summed E-state index contributed by atoms with van der Waals surface area (Å²) in [5.74, 6) is 0.701. The molecular weight excluding hydrogens is 500 g/mol. The lowest BCUT2D eigenvalue weighted by atomic mass is 9.87. The van der Waals surface area contributed by atoms with Crippen LogP contribution in [0.1, 0.15) is 54.3 Å². The molecule has 1 aliphatic heterocycles. The number of aryl methyl sites for hydroxylation is 3. The smallest absolute Gasteiger partial charge is 0.243 e. The molecule has 4 rings (SSSR count). The zero-order valence-corrected chi connectivity index (χ0v) is 24.0. The van der Waals surface area contributed by atoms with Gasteiger partial charge in [-0.3, -0.25) is 9.69 Å². The molecule has 0 aliphatic carbocycles. The SMILES string of the molecule is Cc1cc(C)c(S(=O)(=O)N2CCN(Cc3cc(=O)c(OCc4ccc(C(C)(C)C)cc4)co3)CC2)c(C)c1. The number of hydrogen-bond acceptors (Lipinski definition) is 6. The van der Waals surface area contributed by atoms with E-state index < -0.39 is 10.0 Å². The Bertz CT molecular complexity index is 1420. The fourth-order valence-corrected chi connectivity index (χ4v) is 6.77. The van der Waals surface area contributed by atoms with Crippen LogP contribution in [0.25, 0.3) is 0 Å². The number of piperazine rings is 1. The molecule has 0 radical (unpaired) electrons. The van der Waals surface area contributed by atoms with Crippen molar-refractivity contribution in [2.45, 2.75) is 65.0 Å². The maximum absolute atomic E-state index is 13.3. The molecule has 0 N–H and O–H groups in total. The van der Waals surface area contributed by atoms with E-state index in [0.717, 1.165) is 22.3 Å². The van der Waals surface area contributed by atoms with Gasteiger partial charge in [-0.15, -0.1) is 0 Å². The lowest BCUT2D eigenvalue weighted by Gasteiger charge is -2.34. The lowest BCUT2D eigenvalue weighted by Crippen LogP contribution is -2.48. The van der Waals surface area contributed by atoms with Crippen LogP contribution in [-0.4, -0.2) is 43.8 Å². The van der Waals surface area contributed by atoms with Crippen molar-refractivity contribution in [2.24, 2.45) is 0 Å². The summed E-state index contributed by atoms with van der Waals surface area (Å²) in [7, 11) is -3.57. The standard InChI is InChI=1S/C30H38N2O5S/c1-21-15-22(2)29(23(3)16-21)38(34,35)32-13-11-31(12-14-32)18-26-17-27(33)28(20-36-26)37-19-24-7-9-25(10-8-24)30(4,5)6/h7-10,15-17,20H,11-14,18-19H2,1-6H3. The molecule has 0 spiro atoms. The molecule has 1 fully saturated rings. The molecule has 2 aromatic carbocycles. The molecule has 3 aromatic rings. The summed E-state index contributed by atoms with van der Waals surface area (Å²) in [5, 5.41) is 0. The second-order valence-corrected chi connectivity index (χ2v) is 13.1. The molecule has 204 valence electrons. The third-order valence-corrected chi connectivity index (χ3v) is 9.18. The molecule has 1 aromatic heterocycles. The Morgan fingerprint density at radius 2 is 1.53 bits per heavy atom. The minimum atomic E-state index is -3.57. The largest absolute Gasteiger partial charge is 0.482 e. The van der Waals surface area contributed by atoms with E-state index in [4.69, 9.17) is 9.15 Å². The number of ether oxygens (including phenoxy) is 1. The lowest BCUT2D eigenvalue weighted by molar-refractivity contribution is 0.169. The highest BCUT2D eigenvalue weighted by Crippen LogP contribution is 2.26. The molecular formula is C30H38N2O5S. The van der Waals surface area contributed by atoms with E-state index in [0.29, 0.717) is 43.4 Å². The van der Waals surface area contributed by atoms with Crippen LogP contribution in [0.5, 0.6) is 5.75 Å². The minimum absolute atomic E-state index is 0.0797. The van der Waals surface area contributed by atoms with Crippen LogP contribution in [0, 0.1) is 20.8 Å². The van der Waals surface area contributed by atoms with Crippen LogP contribution in [-0.2, 0) is 28.6 Å². The topological polar surface area (TPSA) is 80.1 Å². The molecule has 1 saturated heterocycles. The summed E-state index contributed by atoms with van der Waals surface area (Å²) in [6.07, 6.45) is 1.37. The van der Waals surface area contributed by atoms with Gasteiger partial charge in [-0.25, -0.2) is 8.42 Å². The van der Waals surface area contributed by atoms with Gasteiger partial charge < -0.3 is 9.15 Å². The summed E-state index contributed by atoms with van der Waals surface area (Å²) in [5.41, 5.74) is 4.66. The Morgan fingerprint density at radius 1 is 0.921 bits per heavy atom. The molecule has 1 aliphatic rings. The minimum Gasteiger partial charge on any atom is -0.482 e. The Kier molecular flexibility index (Phi) is 8.16. The van der Waals surface area contributed by atoms with Crippen LogP contribution in [0.15, 0.2) is 62.8 Å². The molecule has 0 saturated carbocycles. The third-order valence-electron chi connectivity index (χ3n) is 6.98. The Hall–Kier alpha value is -2.94. The fourth-order valence-electron chi connectivity index (χ4n) is 4.94. The summed E-state index contributed by atoms with van der Waals surface area (Å²) < 4.78 is 39.7. The van der Waals surface area contributed by atoms with Crippen molar-refractivity contribution in [2.75, 3.05) is 26.2 Å². The first-order chi connectivity index (χ1) is 17.8. The molecule has 2 heterocycles. The normalized spacial score (nSPS) is 15.5. The van der Waals surface area contributed by atoms with E-state index in [1.165, 1.54) is 17.9 Å². The number of rotatable bonds is 7. The summed E-state index contributed by atoms with van der Waals surface area (Å²) in [6.45, 7) is 14.8. The van der Waals surface area contributed by atoms with E-state index in [9.17, 15) is 13.2 Å². The summed E-state index contributed by atoms with van der Waals surface area (Å²) in [4.78, 5) is 15.1. The number of sulfonamides is 1. The highest BCUT2D eigenvalue weighted by atomic mass is 32.2. The molecule has 0 atom stereocenters. The Morgan fingerprint density at radius 3 is 2.08 bits per heavy atom. The van der Waals surface area contributed by atoms with Gasteiger partial charge in [0, 0.05) is 32.2 Å². The fraction of sp³-hybridized carbons (Fsp3) is 0.433. The van der Waals surface area contributed by atoms with Crippen LogP contribution < -0.4 is 10.2 Å². The predicted molar refractivity (Wildman–Crippen MR) is 149 cm³/mol. The van der Waals surface area contributed by atoms with Gasteiger partial charge in [0.25, 0.3) is 0 Å². The van der Waals surface area contributed by atoms with E-state index >= 15 is 0 Å². The number of hydrogen-bond donors (Lipinski definition) is 0. The highest BCUT2D eigenvalue weighted by molar-refractivity contribution is 7.89. The highest BCUT2D eigenvalue weighted by Gasteiger charge is 2.31. The van der Waals surface area contributed by atoms with Crippen molar-refractivity contribution < 1.29 is 17.6 Å². The summed E-state index contributed by atoms with van der Waals surface area (Å²) >= 11 is 0. The van der Waals surface area contributed by atoms with Gasteiger partial charge in [0.15, 0.2) is 0 Å². The first-order valence-electron chi connectivity index (χ1n) is 13.0. The zero-order valence-electron chi connectivity index (χ0n) is 23.2. The van der Waals surface area contributed by atoms with Crippen LogP contribution in [0.2, 0.25) is 0 Å². The number of nitrogens with zero attached hydrogens (tertiary/aromatic N) is 2. The third kappa shape index (κ3) is 6.37. The molecule has 7 nitrogen and oxygen atoms in total. The van der Waals surface area contributed by atoms with Crippen molar-refractivity contribution in [1.82, 2.24) is 9.21 Å². The van der Waals surface area contributed by atoms with Gasteiger partial charge in [-0.1, -0.05) is 62.7 Å². The van der Waals surface area contributed by atoms with Crippen molar-refractivity contribution in [3.8, 4) is 5.75 Å². The van der Waals surface area contributed by atoms with Crippen molar-refractivity contribution in [3.63, 3.8) is 0 Å². The number of benzene rings is 2. The summed E-state index contributed by atoms with van der Waals surface area (Å²) in [6, 6.07) is 13.5. The second-order valence-electron chi connectivity index (χ2n) is 11.2. The second kappa shape index (κ2) is 11.0. The molecule has 0 bridgehead atoms. The Labute approximate surface area is 226 Å². The van der Waals surface area contributed by atoms with Gasteiger partial charge >= 0.3 is 0 Å². The monoisotopic (exact) mass is 538 g/mol. The van der Waals surface area contributed by atoms with E-state index in [1.54, 1.807) is 4.31 Å². The van der Waals surface area contributed by atoms with Crippen molar-refractivity contribution in [3.05, 3.63) is 92.5 Å². The van der Waals surface area contributed by atoms with Crippen LogP contribution in [0.3, 0.4) is 0 Å². The van der Waals surface area contributed by atoms with Crippen LogP contribution in [0.4, 0.5) is 0 Å². The van der Waals surface area contributed by atoms with Crippen molar-refractivity contribution in [1.29, 1.82) is 0 Å². The molecule has 0 unspecified atom stereocenters. The van der Waals surface area contributed by atoms with Gasteiger partial charge in [-0.05, 0) is 48.4 Å². The van der Waals surface area contributed by atoms with Crippen molar-refractivity contribution >= 4 is 10.0 Å². The van der Waals surface area contributed by atoms with Gasteiger partial charge in [0.1, 0.15) is 18.6 Å². The van der Waals surface area contributed by atoms with Gasteiger partial charge in [-0.2, -0.15) is 4.31 Å². The van der Waals surface area contributed by atoms with E-state index in [-0.39, 0.29) is 23.2 Å². The predicted octanol–water partition coefficient (Wildman–Crippen LogP) is 4.95. The van der Waals surface area contributed by atoms with Crippen LogP contribution >= 0.6 is 0 Å². The van der Waals surface area contributed by atoms with E-state index in [1.807, 2.05) is 45.0 Å². The van der Waals surface area contributed by atoms with Gasteiger partial charge in [0.2, 0.25) is 21.2 Å². The maximum Gasteiger partial charge on any atom is 0.243 e. The quantitative estimate of drug-likeness (QED) is 0.424. The average molecular weight is 539 g/mol. The molecule has 0 amide bonds. The Balaban J connectivity index is 1.33. The first-order valence-corrected chi connectivity index (χ1v) is 14.4. The van der Waals surface area contributed by atoms with E-state index in [2.05, 4.69) is 37.8 Å².